The first kappa shape index (κ1) is 19.2. The highest BCUT2D eigenvalue weighted by Gasteiger charge is 2.33. The summed E-state index contributed by atoms with van der Waals surface area (Å²) in [4.78, 5) is 17.8. The van der Waals surface area contributed by atoms with E-state index in [-0.39, 0.29) is 11.3 Å². The van der Waals surface area contributed by atoms with Crippen molar-refractivity contribution in [2.75, 3.05) is 0 Å². The lowest BCUT2D eigenvalue weighted by Crippen LogP contribution is -2.53. The molecule has 4 heteroatoms. The van der Waals surface area contributed by atoms with Gasteiger partial charge in [0.05, 0.1) is 8.31 Å². The molecule has 0 spiro atoms. The fourth-order valence-corrected chi connectivity index (χ4v) is 4.62. The molecule has 1 aromatic carbocycles. The molecule has 1 aliphatic carbocycles. The topological polar surface area (TPSA) is 31.2 Å². The number of benzene rings is 1. The van der Waals surface area contributed by atoms with Crippen LogP contribution in [-0.2, 0) is 11.8 Å². The van der Waals surface area contributed by atoms with Crippen molar-refractivity contribution >= 4 is 28.1 Å². The van der Waals surface area contributed by atoms with Gasteiger partial charge in [-0.3, -0.25) is 9.78 Å². The van der Waals surface area contributed by atoms with E-state index < -0.39 is 16.1 Å². The Morgan fingerprint density at radius 1 is 1.25 bits per heavy atom. The molecule has 0 heterocycles. The lowest BCUT2D eigenvalue weighted by Gasteiger charge is -2.26. The number of carbonyl (C=O) groups excluding carboxylic acids is 1. The van der Waals surface area contributed by atoms with Crippen molar-refractivity contribution in [1.29, 1.82) is 0 Å². The van der Waals surface area contributed by atoms with Gasteiger partial charge >= 0.3 is 0 Å². The van der Waals surface area contributed by atoms with Crippen molar-refractivity contribution in [3.05, 3.63) is 40.0 Å². The summed E-state index contributed by atoms with van der Waals surface area (Å²) in [7, 11) is -2.33. The van der Waals surface area contributed by atoms with Gasteiger partial charge in [0.2, 0.25) is 0 Å². The third kappa shape index (κ3) is 3.91. The van der Waals surface area contributed by atoms with Crippen molar-refractivity contribution < 1.29 is 4.79 Å². The van der Waals surface area contributed by atoms with E-state index >= 15 is 0 Å². The Bertz CT molecular complexity index is 682. The predicted octanol–water partition coefficient (Wildman–Crippen LogP) is 5.12. The predicted molar refractivity (Wildman–Crippen MR) is 109 cm³/mol. The Balaban J connectivity index is 2.48. The van der Waals surface area contributed by atoms with Crippen LogP contribution < -0.4 is 4.98 Å². The summed E-state index contributed by atoms with van der Waals surface area (Å²) < 4.78 is 0. The summed E-state index contributed by atoms with van der Waals surface area (Å²) in [6, 6.07) is 4.38. The summed E-state index contributed by atoms with van der Waals surface area (Å²) in [6.07, 6.45) is 4.23. The maximum Gasteiger partial charge on any atom is 0.263 e. The summed E-state index contributed by atoms with van der Waals surface area (Å²) in [5.41, 5.74) is 5.95. The van der Waals surface area contributed by atoms with Crippen LogP contribution in [0.15, 0.2) is 17.7 Å². The largest absolute Gasteiger partial charge is 0.290 e. The standard InChI is InChI=1S/C20H31NOSi2/c1-9-14-10-15-12-16(20(2,3)4)13-18(17(15)11-14)19(22)21-24(7,8)23(5)6/h10,12-13H,9,11H2,1-8H3. The van der Waals surface area contributed by atoms with Gasteiger partial charge in [-0.2, -0.15) is 0 Å². The number of nitrogens with zero attached hydrogens (tertiary/aromatic N) is 1. The van der Waals surface area contributed by atoms with Crippen molar-refractivity contribution in [3.8, 4) is 0 Å². The number of fused-ring (bicyclic) bond motifs is 1. The molecule has 0 fully saturated rings. The number of allylic oxidation sites excluding steroid dienone is 1. The normalized spacial score (nSPS) is 14.6. The molecule has 0 aromatic heterocycles. The van der Waals surface area contributed by atoms with Crippen LogP contribution in [0.25, 0.3) is 6.08 Å². The van der Waals surface area contributed by atoms with E-state index in [1.165, 1.54) is 22.3 Å². The van der Waals surface area contributed by atoms with E-state index in [1.54, 1.807) is 0 Å². The van der Waals surface area contributed by atoms with Crippen LogP contribution in [0.1, 0.15) is 61.2 Å². The molecular formula is C20H31NOSi2. The number of rotatable bonds is 4. The summed E-state index contributed by atoms with van der Waals surface area (Å²) in [5, 5.41) is 0. The van der Waals surface area contributed by atoms with Crippen molar-refractivity contribution in [2.45, 2.75) is 72.1 Å². The Morgan fingerprint density at radius 3 is 2.38 bits per heavy atom. The molecule has 0 aliphatic heterocycles. The lowest BCUT2D eigenvalue weighted by atomic mass is 9.83. The Morgan fingerprint density at radius 2 is 1.88 bits per heavy atom. The van der Waals surface area contributed by atoms with Gasteiger partial charge in [-0.25, -0.2) is 0 Å². The monoisotopic (exact) mass is 357 g/mol. The van der Waals surface area contributed by atoms with Gasteiger partial charge < -0.3 is 0 Å². The molecule has 0 saturated heterocycles. The molecule has 0 bridgehead atoms. The van der Waals surface area contributed by atoms with Crippen LogP contribution in [0.2, 0.25) is 26.2 Å². The summed E-state index contributed by atoms with van der Waals surface area (Å²) >= 11 is 0. The first-order valence-corrected chi connectivity index (χ1v) is 15.3. The highest BCUT2D eigenvalue weighted by atomic mass is 29.2. The van der Waals surface area contributed by atoms with Crippen LogP contribution in [0.3, 0.4) is 0 Å². The maximum atomic E-state index is 13.1. The van der Waals surface area contributed by atoms with Crippen molar-refractivity contribution in [2.24, 2.45) is 0 Å². The number of carbonyl (C=O) groups is 1. The molecular weight excluding hydrogens is 326 g/mol. The Kier molecular flexibility index (Phi) is 5.31. The zero-order valence-corrected chi connectivity index (χ0v) is 18.5. The fourth-order valence-electron chi connectivity index (χ4n) is 2.80. The zero-order valence-electron chi connectivity index (χ0n) is 16.5. The van der Waals surface area contributed by atoms with Crippen molar-refractivity contribution in [3.63, 3.8) is 0 Å². The van der Waals surface area contributed by atoms with Crippen molar-refractivity contribution in [1.82, 2.24) is 4.98 Å². The zero-order chi connectivity index (χ0) is 18.3. The molecule has 2 nitrogen and oxygen atoms in total. The first-order chi connectivity index (χ1) is 11.0. The summed E-state index contributed by atoms with van der Waals surface area (Å²) in [5.74, 6) is 0.0194. The number of hydrogen-bond acceptors (Lipinski definition) is 1. The van der Waals surface area contributed by atoms with Gasteiger partial charge in [0.25, 0.3) is 5.91 Å². The minimum absolute atomic E-state index is 0.0194. The molecule has 0 atom stereocenters. The maximum absolute atomic E-state index is 13.1. The van der Waals surface area contributed by atoms with Gasteiger partial charge in [-0.05, 0) is 41.0 Å². The molecule has 1 aliphatic rings. The molecule has 1 aromatic rings. The van der Waals surface area contributed by atoms with Crippen LogP contribution >= 0.6 is 0 Å². The van der Waals surface area contributed by atoms with Crippen LogP contribution in [0.5, 0.6) is 0 Å². The van der Waals surface area contributed by atoms with Gasteiger partial charge in [-0.15, -0.1) is 0 Å². The SMILES string of the molecule is CCC1=Cc2cc(C(C)(C)C)cc(C(=O)[N][Si](C)(C)[Si](C)C)c2C1. The smallest absolute Gasteiger partial charge is 0.263 e. The molecule has 24 heavy (non-hydrogen) atoms. The molecule has 0 unspecified atom stereocenters. The summed E-state index contributed by atoms with van der Waals surface area (Å²) in [6.45, 7) is 17.8. The van der Waals surface area contributed by atoms with Crippen LogP contribution in [0, 0.1) is 0 Å². The Hall–Kier alpha value is -1.14. The van der Waals surface area contributed by atoms with Crippen LogP contribution in [0.4, 0.5) is 0 Å². The second-order valence-electron chi connectivity index (χ2n) is 8.65. The molecule has 0 N–H and O–H groups in total. The average molecular weight is 358 g/mol. The van der Waals surface area contributed by atoms with E-state index in [9.17, 15) is 4.79 Å². The number of hydrogen-bond donors (Lipinski definition) is 0. The third-order valence-corrected chi connectivity index (χ3v) is 16.1. The minimum atomic E-state index is -1.79. The quantitative estimate of drug-likeness (QED) is 0.688. The lowest BCUT2D eigenvalue weighted by molar-refractivity contribution is 0.0974. The van der Waals surface area contributed by atoms with E-state index in [0.29, 0.717) is 0 Å². The average Bonchev–Trinajstić information content (AvgIpc) is 2.87. The third-order valence-electron chi connectivity index (χ3n) is 5.20. The fraction of sp³-hybridized carbons (Fsp3) is 0.550. The molecule has 2 radical (unpaired) electrons. The molecule has 130 valence electrons. The molecule has 2 rings (SSSR count). The first-order valence-electron chi connectivity index (χ1n) is 8.90. The Labute approximate surface area is 150 Å². The van der Waals surface area contributed by atoms with E-state index in [2.05, 4.69) is 72.1 Å². The minimum Gasteiger partial charge on any atom is -0.290 e. The van der Waals surface area contributed by atoms with E-state index in [4.69, 9.17) is 4.98 Å². The van der Waals surface area contributed by atoms with Crippen LogP contribution in [-0.4, -0.2) is 22.0 Å². The van der Waals surface area contributed by atoms with E-state index in [0.717, 1.165) is 18.4 Å². The highest BCUT2D eigenvalue weighted by molar-refractivity contribution is 7.30. The highest BCUT2D eigenvalue weighted by Crippen LogP contribution is 2.34. The molecule has 1 amide bonds. The van der Waals surface area contributed by atoms with Gasteiger partial charge in [0, 0.05) is 5.56 Å². The number of amides is 1. The van der Waals surface area contributed by atoms with Gasteiger partial charge in [0.1, 0.15) is 0 Å². The second-order valence-corrected chi connectivity index (χ2v) is 20.7. The second kappa shape index (κ2) is 6.64. The van der Waals surface area contributed by atoms with E-state index in [1.807, 2.05) is 0 Å². The van der Waals surface area contributed by atoms with Gasteiger partial charge in [-0.1, -0.05) is 71.6 Å². The molecule has 0 saturated carbocycles. The van der Waals surface area contributed by atoms with Gasteiger partial charge in [0.15, 0.2) is 7.75 Å².